The van der Waals surface area contributed by atoms with E-state index in [1.807, 2.05) is 18.7 Å². The van der Waals surface area contributed by atoms with Crippen molar-refractivity contribution >= 4 is 5.91 Å². The number of amides is 1. The number of nitrogens with zero attached hydrogens (tertiary/aromatic N) is 1. The zero-order chi connectivity index (χ0) is 12.7. The van der Waals surface area contributed by atoms with Crippen molar-refractivity contribution in [1.82, 2.24) is 10.2 Å². The summed E-state index contributed by atoms with van der Waals surface area (Å²) < 4.78 is 5.36. The first-order valence-corrected chi connectivity index (χ1v) is 6.77. The smallest absolute Gasteiger partial charge is 0.223 e. The van der Waals surface area contributed by atoms with Crippen molar-refractivity contribution in [2.45, 2.75) is 39.7 Å². The van der Waals surface area contributed by atoms with E-state index >= 15 is 0 Å². The van der Waals surface area contributed by atoms with Crippen LogP contribution in [0.15, 0.2) is 0 Å². The predicted molar refractivity (Wildman–Crippen MR) is 68.9 cm³/mol. The Bertz CT molecular complexity index is 223. The largest absolute Gasteiger partial charge is 0.381 e. The van der Waals surface area contributed by atoms with Crippen LogP contribution in [0.2, 0.25) is 0 Å². The van der Waals surface area contributed by atoms with Gasteiger partial charge in [0.15, 0.2) is 0 Å². The van der Waals surface area contributed by atoms with Crippen LogP contribution in [-0.4, -0.2) is 49.7 Å². The number of carbonyl (C=O) groups is 1. The fraction of sp³-hybridized carbons (Fsp3) is 0.923. The van der Waals surface area contributed by atoms with Crippen molar-refractivity contribution in [2.75, 3.05) is 32.8 Å². The molecule has 4 heteroatoms. The number of ether oxygens (including phenoxy) is 1. The van der Waals surface area contributed by atoms with Gasteiger partial charge in [0.25, 0.3) is 0 Å². The molecule has 1 N–H and O–H groups in total. The normalized spacial score (nSPS) is 21.5. The van der Waals surface area contributed by atoms with Crippen LogP contribution in [0.5, 0.6) is 0 Å². The van der Waals surface area contributed by atoms with Crippen molar-refractivity contribution in [2.24, 2.45) is 5.92 Å². The molecule has 0 aromatic carbocycles. The van der Waals surface area contributed by atoms with Gasteiger partial charge in [0, 0.05) is 38.7 Å². The van der Waals surface area contributed by atoms with Crippen molar-refractivity contribution in [3.8, 4) is 0 Å². The van der Waals surface area contributed by atoms with Gasteiger partial charge in [-0.2, -0.15) is 0 Å². The molecule has 0 saturated carbocycles. The van der Waals surface area contributed by atoms with Crippen LogP contribution in [0.4, 0.5) is 0 Å². The van der Waals surface area contributed by atoms with Crippen LogP contribution < -0.4 is 5.32 Å². The summed E-state index contributed by atoms with van der Waals surface area (Å²) in [6, 6.07) is 0.446. The van der Waals surface area contributed by atoms with Gasteiger partial charge in [-0.15, -0.1) is 0 Å². The molecular formula is C13H26N2O2. The minimum Gasteiger partial charge on any atom is -0.381 e. The van der Waals surface area contributed by atoms with Crippen LogP contribution in [0.3, 0.4) is 0 Å². The number of nitrogens with one attached hydrogen (secondary N) is 1. The van der Waals surface area contributed by atoms with E-state index in [0.717, 1.165) is 39.3 Å². The number of hydrogen-bond acceptors (Lipinski definition) is 3. The molecule has 2 atom stereocenters. The van der Waals surface area contributed by atoms with E-state index in [0.29, 0.717) is 18.4 Å². The molecule has 4 nitrogen and oxygen atoms in total. The van der Waals surface area contributed by atoms with Gasteiger partial charge in [0.05, 0.1) is 6.61 Å². The number of hydrogen-bond donors (Lipinski definition) is 1. The molecule has 2 unspecified atom stereocenters. The van der Waals surface area contributed by atoms with Gasteiger partial charge < -0.3 is 15.0 Å². The lowest BCUT2D eigenvalue weighted by Crippen LogP contribution is -2.38. The first kappa shape index (κ1) is 14.5. The van der Waals surface area contributed by atoms with Crippen LogP contribution in [0.1, 0.15) is 33.6 Å². The molecule has 1 heterocycles. The summed E-state index contributed by atoms with van der Waals surface area (Å²) >= 11 is 0. The first-order chi connectivity index (χ1) is 8.19. The summed E-state index contributed by atoms with van der Waals surface area (Å²) in [5.74, 6) is 0.857. The molecule has 1 aliphatic rings. The molecule has 0 spiro atoms. The minimum absolute atomic E-state index is 0.248. The molecule has 1 saturated heterocycles. The highest BCUT2D eigenvalue weighted by Gasteiger charge is 2.21. The lowest BCUT2D eigenvalue weighted by Gasteiger charge is -2.21. The van der Waals surface area contributed by atoms with Crippen LogP contribution in [-0.2, 0) is 9.53 Å². The SMILES string of the molecule is CCN(CC)C(=O)CCNC(C)C1CCOC1. The highest BCUT2D eigenvalue weighted by molar-refractivity contribution is 5.76. The van der Waals surface area contributed by atoms with Gasteiger partial charge in [-0.1, -0.05) is 0 Å². The van der Waals surface area contributed by atoms with E-state index in [1.54, 1.807) is 0 Å². The monoisotopic (exact) mass is 242 g/mol. The Morgan fingerprint density at radius 3 is 2.71 bits per heavy atom. The molecule has 1 amide bonds. The second-order valence-electron chi connectivity index (χ2n) is 4.68. The molecule has 1 fully saturated rings. The first-order valence-electron chi connectivity index (χ1n) is 6.77. The third kappa shape index (κ3) is 4.64. The number of rotatable bonds is 7. The van der Waals surface area contributed by atoms with Gasteiger partial charge >= 0.3 is 0 Å². The molecule has 17 heavy (non-hydrogen) atoms. The zero-order valence-corrected chi connectivity index (χ0v) is 11.4. The average molecular weight is 242 g/mol. The Kier molecular flexibility index (Phi) is 6.52. The van der Waals surface area contributed by atoms with E-state index < -0.39 is 0 Å². The molecule has 0 aromatic heterocycles. The van der Waals surface area contributed by atoms with Crippen LogP contribution in [0, 0.1) is 5.92 Å². The highest BCUT2D eigenvalue weighted by atomic mass is 16.5. The van der Waals surface area contributed by atoms with Gasteiger partial charge in [-0.05, 0) is 33.1 Å². The van der Waals surface area contributed by atoms with Crippen molar-refractivity contribution in [1.29, 1.82) is 0 Å². The molecule has 0 bridgehead atoms. The Morgan fingerprint density at radius 1 is 1.47 bits per heavy atom. The minimum atomic E-state index is 0.248. The molecule has 100 valence electrons. The van der Waals surface area contributed by atoms with Crippen LogP contribution >= 0.6 is 0 Å². The summed E-state index contributed by atoms with van der Waals surface area (Å²) in [6.07, 6.45) is 1.73. The Balaban J connectivity index is 2.15. The highest BCUT2D eigenvalue weighted by Crippen LogP contribution is 2.16. The molecule has 0 aromatic rings. The van der Waals surface area contributed by atoms with Crippen molar-refractivity contribution in [3.05, 3.63) is 0 Å². The fourth-order valence-corrected chi connectivity index (χ4v) is 2.25. The summed E-state index contributed by atoms with van der Waals surface area (Å²) in [7, 11) is 0. The van der Waals surface area contributed by atoms with Crippen LogP contribution in [0.25, 0.3) is 0 Å². The molecular weight excluding hydrogens is 216 g/mol. The van der Waals surface area contributed by atoms with E-state index in [1.165, 1.54) is 0 Å². The standard InChI is InChI=1S/C13H26N2O2/c1-4-15(5-2)13(16)6-8-14-11(3)12-7-9-17-10-12/h11-12,14H,4-10H2,1-3H3. The quantitative estimate of drug-likeness (QED) is 0.731. The van der Waals surface area contributed by atoms with Gasteiger partial charge in [0.2, 0.25) is 5.91 Å². The van der Waals surface area contributed by atoms with Gasteiger partial charge in [-0.3, -0.25) is 4.79 Å². The summed E-state index contributed by atoms with van der Waals surface area (Å²) in [4.78, 5) is 13.6. The Labute approximate surface area is 105 Å². The fourth-order valence-electron chi connectivity index (χ4n) is 2.25. The second kappa shape index (κ2) is 7.67. The average Bonchev–Trinajstić information content (AvgIpc) is 2.84. The number of carbonyl (C=O) groups excluding carboxylic acids is 1. The third-order valence-electron chi connectivity index (χ3n) is 3.59. The predicted octanol–water partition coefficient (Wildman–Crippen LogP) is 1.26. The van der Waals surface area contributed by atoms with E-state index in [4.69, 9.17) is 4.74 Å². The zero-order valence-electron chi connectivity index (χ0n) is 11.4. The van der Waals surface area contributed by atoms with Crippen molar-refractivity contribution < 1.29 is 9.53 Å². The third-order valence-corrected chi connectivity index (χ3v) is 3.59. The Hall–Kier alpha value is -0.610. The maximum absolute atomic E-state index is 11.8. The second-order valence-corrected chi connectivity index (χ2v) is 4.68. The van der Waals surface area contributed by atoms with Crippen molar-refractivity contribution in [3.63, 3.8) is 0 Å². The lowest BCUT2D eigenvalue weighted by molar-refractivity contribution is -0.130. The van der Waals surface area contributed by atoms with Gasteiger partial charge in [-0.25, -0.2) is 0 Å². The molecule has 0 aliphatic carbocycles. The topological polar surface area (TPSA) is 41.6 Å². The lowest BCUT2D eigenvalue weighted by atomic mass is 10.0. The van der Waals surface area contributed by atoms with E-state index in [-0.39, 0.29) is 5.91 Å². The summed E-state index contributed by atoms with van der Waals surface area (Å²) in [5, 5.41) is 3.43. The molecule has 1 aliphatic heterocycles. The summed E-state index contributed by atoms with van der Waals surface area (Å²) in [6.45, 7) is 10.4. The Morgan fingerprint density at radius 2 is 2.18 bits per heavy atom. The summed E-state index contributed by atoms with van der Waals surface area (Å²) in [5.41, 5.74) is 0. The molecule has 0 radical (unpaired) electrons. The maximum atomic E-state index is 11.8. The van der Waals surface area contributed by atoms with Gasteiger partial charge in [0.1, 0.15) is 0 Å². The van der Waals surface area contributed by atoms with E-state index in [9.17, 15) is 4.79 Å². The molecule has 1 rings (SSSR count). The van der Waals surface area contributed by atoms with E-state index in [2.05, 4.69) is 12.2 Å². The maximum Gasteiger partial charge on any atom is 0.223 e.